The van der Waals surface area contributed by atoms with Gasteiger partial charge in [-0.15, -0.1) is 0 Å². The normalized spacial score (nSPS) is 11.0. The Bertz CT molecular complexity index is 1120. The molecule has 0 unspecified atom stereocenters. The van der Waals surface area contributed by atoms with Crippen LogP contribution in [0.4, 0.5) is 0 Å². The zero-order chi connectivity index (χ0) is 24.5. The predicted molar refractivity (Wildman–Crippen MR) is 135 cm³/mol. The van der Waals surface area contributed by atoms with Crippen molar-refractivity contribution in [3.8, 4) is 23.0 Å². The van der Waals surface area contributed by atoms with Gasteiger partial charge in [-0.3, -0.25) is 4.79 Å². The van der Waals surface area contributed by atoms with Crippen molar-refractivity contribution in [1.29, 1.82) is 0 Å². The van der Waals surface area contributed by atoms with E-state index in [1.165, 1.54) is 0 Å². The Morgan fingerprint density at radius 1 is 0.853 bits per heavy atom. The van der Waals surface area contributed by atoms with Gasteiger partial charge < -0.3 is 24.3 Å². The molecule has 0 aliphatic carbocycles. The molecule has 6 nitrogen and oxygen atoms in total. The fraction of sp³-hybridized carbons (Fsp3) is 0.222. The van der Waals surface area contributed by atoms with Gasteiger partial charge in [-0.2, -0.15) is 0 Å². The summed E-state index contributed by atoms with van der Waals surface area (Å²) in [5.74, 6) is 2.28. The first-order valence-electron chi connectivity index (χ1n) is 10.6. The van der Waals surface area contributed by atoms with E-state index in [0.29, 0.717) is 28.8 Å². The van der Waals surface area contributed by atoms with Crippen LogP contribution >= 0.6 is 11.6 Å². The summed E-state index contributed by atoms with van der Waals surface area (Å²) in [5, 5.41) is 3.65. The predicted octanol–water partition coefficient (Wildman–Crippen LogP) is 5.27. The first-order valence-corrected chi connectivity index (χ1v) is 11.0. The molecule has 3 aromatic rings. The molecule has 0 bridgehead atoms. The number of ether oxygens (including phenoxy) is 4. The second kappa shape index (κ2) is 12.0. The molecule has 1 amide bonds. The number of nitrogens with one attached hydrogen (secondary N) is 1. The third kappa shape index (κ3) is 6.45. The lowest BCUT2D eigenvalue weighted by Crippen LogP contribution is -2.26. The maximum Gasteiger partial charge on any atom is 0.224 e. The number of carbonyl (C=O) groups is 1. The second-order valence-electron chi connectivity index (χ2n) is 7.44. The molecule has 1 N–H and O–H groups in total. The van der Waals surface area contributed by atoms with E-state index in [-0.39, 0.29) is 12.3 Å². The van der Waals surface area contributed by atoms with Crippen LogP contribution in [0.25, 0.3) is 11.6 Å². The van der Waals surface area contributed by atoms with E-state index in [1.54, 1.807) is 40.6 Å². The Morgan fingerprint density at radius 2 is 1.47 bits per heavy atom. The molecule has 3 aromatic carbocycles. The van der Waals surface area contributed by atoms with Crippen LogP contribution in [0.2, 0.25) is 5.02 Å². The average molecular weight is 482 g/mol. The summed E-state index contributed by atoms with van der Waals surface area (Å²) in [6, 6.07) is 18.6. The van der Waals surface area contributed by atoms with Gasteiger partial charge in [-0.25, -0.2) is 0 Å². The molecule has 0 aromatic heterocycles. The fourth-order valence-electron chi connectivity index (χ4n) is 3.47. The first kappa shape index (κ1) is 25.0. The summed E-state index contributed by atoms with van der Waals surface area (Å²) < 4.78 is 21.7. The van der Waals surface area contributed by atoms with Gasteiger partial charge in [0.25, 0.3) is 0 Å². The van der Waals surface area contributed by atoms with Crippen LogP contribution in [0.1, 0.15) is 16.7 Å². The zero-order valence-corrected chi connectivity index (χ0v) is 20.4. The lowest BCUT2D eigenvalue weighted by Gasteiger charge is -2.15. The van der Waals surface area contributed by atoms with Gasteiger partial charge in [0.05, 0.1) is 34.9 Å². The molecule has 3 rings (SSSR count). The van der Waals surface area contributed by atoms with Gasteiger partial charge in [0.1, 0.15) is 5.75 Å². The molecule has 0 fully saturated rings. The summed E-state index contributed by atoms with van der Waals surface area (Å²) in [6.07, 6.45) is 2.24. The lowest BCUT2D eigenvalue weighted by atomic mass is 10.0. The highest BCUT2D eigenvalue weighted by atomic mass is 35.5. The largest absolute Gasteiger partial charge is 0.497 e. The van der Waals surface area contributed by atoms with E-state index in [1.807, 2.05) is 54.6 Å². The third-order valence-electron chi connectivity index (χ3n) is 5.24. The summed E-state index contributed by atoms with van der Waals surface area (Å²) in [4.78, 5) is 12.6. The van der Waals surface area contributed by atoms with Crippen molar-refractivity contribution < 1.29 is 23.7 Å². The SMILES string of the molecule is COc1ccc(/C(=C\c2cc(OC)c(OC)c(OC)c2)CNC(=O)Cc2ccc(Cl)cc2)cc1. The minimum atomic E-state index is -0.0911. The van der Waals surface area contributed by atoms with Crippen LogP contribution in [-0.4, -0.2) is 40.9 Å². The van der Waals surface area contributed by atoms with E-state index in [4.69, 9.17) is 30.5 Å². The molecule has 178 valence electrons. The summed E-state index contributed by atoms with van der Waals surface area (Å²) in [5.41, 5.74) is 3.58. The van der Waals surface area contributed by atoms with Crippen LogP contribution in [0, 0.1) is 0 Å². The van der Waals surface area contributed by atoms with Crippen LogP contribution in [-0.2, 0) is 11.2 Å². The Hall–Kier alpha value is -3.64. The average Bonchev–Trinajstić information content (AvgIpc) is 2.87. The van der Waals surface area contributed by atoms with Crippen LogP contribution in [0.3, 0.4) is 0 Å². The highest BCUT2D eigenvalue weighted by Crippen LogP contribution is 2.39. The molecule has 0 aliphatic rings. The van der Waals surface area contributed by atoms with Gasteiger partial charge in [-0.1, -0.05) is 35.9 Å². The third-order valence-corrected chi connectivity index (χ3v) is 5.49. The Balaban J connectivity index is 1.89. The number of methoxy groups -OCH3 is 4. The Morgan fingerprint density at radius 3 is 2.00 bits per heavy atom. The van der Waals surface area contributed by atoms with E-state index < -0.39 is 0 Å². The van der Waals surface area contributed by atoms with Crippen molar-refractivity contribution in [3.05, 3.63) is 82.4 Å². The number of hydrogen-bond acceptors (Lipinski definition) is 5. The number of rotatable bonds is 10. The maximum absolute atomic E-state index is 12.6. The number of halogens is 1. The monoisotopic (exact) mass is 481 g/mol. The molecule has 0 spiro atoms. The van der Waals surface area contributed by atoms with Crippen LogP contribution in [0.15, 0.2) is 60.7 Å². The van der Waals surface area contributed by atoms with Crippen LogP contribution in [0.5, 0.6) is 23.0 Å². The molecular formula is C27H28ClNO5. The number of hydrogen-bond donors (Lipinski definition) is 1. The summed E-state index contributed by atoms with van der Waals surface area (Å²) >= 11 is 5.94. The standard InChI is InChI=1S/C27H28ClNO5/c1-31-23-11-7-20(8-12-23)21(17-29-26(30)16-18-5-9-22(28)10-6-18)13-19-14-24(32-2)27(34-4)25(15-19)33-3/h5-15H,16-17H2,1-4H3,(H,29,30)/b21-13-. The van der Waals surface area contributed by atoms with Crippen molar-refractivity contribution in [2.24, 2.45) is 0 Å². The quantitative estimate of drug-likeness (QED) is 0.399. The topological polar surface area (TPSA) is 66.0 Å². The Labute approximate surface area is 205 Å². The zero-order valence-electron chi connectivity index (χ0n) is 19.7. The van der Waals surface area contributed by atoms with E-state index >= 15 is 0 Å². The first-order chi connectivity index (χ1) is 16.5. The molecule has 7 heteroatoms. The second-order valence-corrected chi connectivity index (χ2v) is 7.87. The minimum absolute atomic E-state index is 0.0911. The lowest BCUT2D eigenvalue weighted by molar-refractivity contribution is -0.120. The molecule has 0 saturated carbocycles. The van der Waals surface area contributed by atoms with Gasteiger partial charge >= 0.3 is 0 Å². The molecule has 0 atom stereocenters. The van der Waals surface area contributed by atoms with E-state index in [9.17, 15) is 4.79 Å². The molecule has 0 aliphatic heterocycles. The molecule has 0 heterocycles. The number of carbonyl (C=O) groups excluding carboxylic acids is 1. The molecule has 0 saturated heterocycles. The fourth-order valence-corrected chi connectivity index (χ4v) is 3.60. The molecule has 34 heavy (non-hydrogen) atoms. The van der Waals surface area contributed by atoms with Crippen LogP contribution < -0.4 is 24.3 Å². The maximum atomic E-state index is 12.6. The van der Waals surface area contributed by atoms with Crippen molar-refractivity contribution >= 4 is 29.2 Å². The van der Waals surface area contributed by atoms with E-state index in [2.05, 4.69) is 5.32 Å². The van der Waals surface area contributed by atoms with Crippen molar-refractivity contribution in [2.75, 3.05) is 35.0 Å². The smallest absolute Gasteiger partial charge is 0.224 e. The highest BCUT2D eigenvalue weighted by molar-refractivity contribution is 6.30. The summed E-state index contributed by atoms with van der Waals surface area (Å²) in [6.45, 7) is 0.329. The molecular weight excluding hydrogens is 454 g/mol. The number of benzene rings is 3. The van der Waals surface area contributed by atoms with Gasteiger partial charge in [0.2, 0.25) is 11.7 Å². The minimum Gasteiger partial charge on any atom is -0.497 e. The van der Waals surface area contributed by atoms with Gasteiger partial charge in [-0.05, 0) is 64.7 Å². The Kier molecular flexibility index (Phi) is 8.82. The van der Waals surface area contributed by atoms with E-state index in [0.717, 1.165) is 28.0 Å². The van der Waals surface area contributed by atoms with Gasteiger partial charge in [0.15, 0.2) is 11.5 Å². The highest BCUT2D eigenvalue weighted by Gasteiger charge is 2.14. The van der Waals surface area contributed by atoms with Crippen molar-refractivity contribution in [2.45, 2.75) is 6.42 Å². The van der Waals surface area contributed by atoms with Crippen molar-refractivity contribution in [3.63, 3.8) is 0 Å². The number of amides is 1. The van der Waals surface area contributed by atoms with Crippen molar-refractivity contribution in [1.82, 2.24) is 5.32 Å². The summed E-state index contributed by atoms with van der Waals surface area (Å²) in [7, 11) is 6.34. The molecule has 0 radical (unpaired) electrons. The van der Waals surface area contributed by atoms with Gasteiger partial charge in [0, 0.05) is 11.6 Å².